The molecule has 1 aliphatic heterocycles. The van der Waals surface area contributed by atoms with Crippen LogP contribution >= 0.6 is 11.3 Å². The number of nitrogens with two attached hydrogens (primary N) is 1. The molecule has 0 spiro atoms. The van der Waals surface area contributed by atoms with Gasteiger partial charge in [0.2, 0.25) is 0 Å². The van der Waals surface area contributed by atoms with Crippen LogP contribution in [0.5, 0.6) is 0 Å². The molecule has 1 aromatic heterocycles. The number of ether oxygens (including phenoxy) is 1. The highest BCUT2D eigenvalue weighted by Crippen LogP contribution is 2.40. The van der Waals surface area contributed by atoms with E-state index in [-0.39, 0.29) is 12.1 Å². The Labute approximate surface area is 122 Å². The smallest absolute Gasteiger partial charge is 0.410 e. The van der Waals surface area contributed by atoms with E-state index in [2.05, 4.69) is 6.07 Å². The van der Waals surface area contributed by atoms with Gasteiger partial charge in [0.25, 0.3) is 0 Å². The van der Waals surface area contributed by atoms with Gasteiger partial charge in [0.05, 0.1) is 11.6 Å². The van der Waals surface area contributed by atoms with Crippen molar-refractivity contribution in [2.75, 3.05) is 12.3 Å². The number of carbonyl (C=O) groups excluding carboxylic acids is 1. The summed E-state index contributed by atoms with van der Waals surface area (Å²) >= 11 is 1.39. The maximum Gasteiger partial charge on any atom is 0.410 e. The Bertz CT molecular complexity index is 580. The zero-order chi connectivity index (χ0) is 15.1. The van der Waals surface area contributed by atoms with E-state index in [0.29, 0.717) is 23.5 Å². The fraction of sp³-hybridized carbons (Fsp3) is 0.571. The lowest BCUT2D eigenvalue weighted by Gasteiger charge is -2.34. The summed E-state index contributed by atoms with van der Waals surface area (Å²) in [6.45, 7) is 8.04. The van der Waals surface area contributed by atoms with Gasteiger partial charge in [-0.3, -0.25) is 0 Å². The number of nitrogens with zero attached hydrogens (tertiary/aromatic N) is 2. The van der Waals surface area contributed by atoms with Crippen LogP contribution < -0.4 is 5.73 Å². The Morgan fingerprint density at radius 3 is 2.75 bits per heavy atom. The molecule has 2 heterocycles. The third-order valence-corrected chi connectivity index (χ3v) is 4.49. The SMILES string of the molecule is C[C@H]1c2sc(N)c(C#N)c2CCN1C(=O)OC(C)(C)C. The summed E-state index contributed by atoms with van der Waals surface area (Å²) in [5, 5.41) is 9.69. The van der Waals surface area contributed by atoms with Crippen LogP contribution in [-0.4, -0.2) is 23.1 Å². The summed E-state index contributed by atoms with van der Waals surface area (Å²) in [6, 6.07) is 2.05. The van der Waals surface area contributed by atoms with E-state index in [1.807, 2.05) is 27.7 Å². The number of thiophene rings is 1. The van der Waals surface area contributed by atoms with Crippen molar-refractivity contribution in [3.63, 3.8) is 0 Å². The van der Waals surface area contributed by atoms with Crippen LogP contribution in [0, 0.1) is 11.3 Å². The van der Waals surface area contributed by atoms with E-state index in [1.165, 1.54) is 11.3 Å². The predicted molar refractivity (Wildman–Crippen MR) is 78.5 cm³/mol. The van der Waals surface area contributed by atoms with Gasteiger partial charge < -0.3 is 15.4 Å². The number of carbonyl (C=O) groups is 1. The van der Waals surface area contributed by atoms with Gasteiger partial charge in [0.15, 0.2) is 0 Å². The maximum atomic E-state index is 12.2. The molecular formula is C14H19N3O2S. The molecule has 2 N–H and O–H groups in total. The molecule has 1 amide bonds. The molecule has 0 saturated carbocycles. The molecule has 1 aromatic rings. The third-order valence-electron chi connectivity index (χ3n) is 3.25. The van der Waals surface area contributed by atoms with Crippen molar-refractivity contribution in [3.05, 3.63) is 16.0 Å². The van der Waals surface area contributed by atoms with Gasteiger partial charge in [-0.2, -0.15) is 5.26 Å². The molecule has 5 nitrogen and oxygen atoms in total. The third kappa shape index (κ3) is 2.59. The summed E-state index contributed by atoms with van der Waals surface area (Å²) in [5.74, 6) is 0. The van der Waals surface area contributed by atoms with E-state index < -0.39 is 5.60 Å². The number of amides is 1. The molecule has 0 saturated heterocycles. The molecule has 1 aliphatic rings. The number of hydrogen-bond acceptors (Lipinski definition) is 5. The van der Waals surface area contributed by atoms with Crippen LogP contribution in [0.1, 0.15) is 49.7 Å². The second-order valence-electron chi connectivity index (χ2n) is 5.90. The van der Waals surface area contributed by atoms with E-state index in [9.17, 15) is 4.79 Å². The van der Waals surface area contributed by atoms with Crippen LogP contribution in [0.2, 0.25) is 0 Å². The molecule has 0 aromatic carbocycles. The number of nitriles is 1. The van der Waals surface area contributed by atoms with Crippen LogP contribution in [0.3, 0.4) is 0 Å². The number of rotatable bonds is 0. The van der Waals surface area contributed by atoms with Gasteiger partial charge in [-0.05, 0) is 39.7 Å². The van der Waals surface area contributed by atoms with E-state index in [0.717, 1.165) is 10.4 Å². The summed E-state index contributed by atoms with van der Waals surface area (Å²) in [6.07, 6.45) is 0.330. The minimum Gasteiger partial charge on any atom is -0.444 e. The van der Waals surface area contributed by atoms with Crippen molar-refractivity contribution < 1.29 is 9.53 Å². The standard InChI is InChI=1S/C14H19N3O2S/c1-8-11-9(10(7-15)12(16)20-11)5-6-17(8)13(18)19-14(2,3)4/h8H,5-6,16H2,1-4H3/t8-/m0/s1. The molecule has 6 heteroatoms. The van der Waals surface area contributed by atoms with Gasteiger partial charge in [-0.1, -0.05) is 0 Å². The van der Waals surface area contributed by atoms with Crippen LogP contribution in [0.15, 0.2) is 0 Å². The lowest BCUT2D eigenvalue weighted by molar-refractivity contribution is 0.0164. The quantitative estimate of drug-likeness (QED) is 0.797. The summed E-state index contributed by atoms with van der Waals surface area (Å²) in [7, 11) is 0. The molecule has 0 aliphatic carbocycles. The van der Waals surface area contributed by atoms with Crippen molar-refractivity contribution in [2.45, 2.75) is 45.8 Å². The number of fused-ring (bicyclic) bond motifs is 1. The fourth-order valence-corrected chi connectivity index (χ4v) is 3.48. The van der Waals surface area contributed by atoms with Gasteiger partial charge in [0, 0.05) is 11.4 Å². The molecule has 20 heavy (non-hydrogen) atoms. The summed E-state index contributed by atoms with van der Waals surface area (Å²) in [4.78, 5) is 14.9. The monoisotopic (exact) mass is 293 g/mol. The normalized spacial score (nSPS) is 18.4. The largest absolute Gasteiger partial charge is 0.444 e. The van der Waals surface area contributed by atoms with Crippen molar-refractivity contribution in [3.8, 4) is 6.07 Å². The molecule has 0 radical (unpaired) electrons. The van der Waals surface area contributed by atoms with Crippen molar-refractivity contribution in [2.24, 2.45) is 0 Å². The van der Waals surface area contributed by atoms with Gasteiger partial charge >= 0.3 is 6.09 Å². The van der Waals surface area contributed by atoms with Gasteiger partial charge in [-0.25, -0.2) is 4.79 Å². The first-order valence-corrected chi connectivity index (χ1v) is 7.37. The summed E-state index contributed by atoms with van der Waals surface area (Å²) in [5.41, 5.74) is 6.93. The Morgan fingerprint density at radius 1 is 1.55 bits per heavy atom. The lowest BCUT2D eigenvalue weighted by atomic mass is 9.99. The average molecular weight is 293 g/mol. The molecule has 1 atom stereocenters. The number of nitrogen functional groups attached to an aromatic ring is 1. The first-order chi connectivity index (χ1) is 9.24. The highest BCUT2D eigenvalue weighted by atomic mass is 32.1. The van der Waals surface area contributed by atoms with Crippen molar-refractivity contribution in [1.29, 1.82) is 5.26 Å². The highest BCUT2D eigenvalue weighted by Gasteiger charge is 2.34. The van der Waals surface area contributed by atoms with Crippen LogP contribution in [0.4, 0.5) is 9.80 Å². The maximum absolute atomic E-state index is 12.2. The van der Waals surface area contributed by atoms with Gasteiger partial charge in [-0.15, -0.1) is 11.3 Å². The number of anilines is 1. The average Bonchev–Trinajstić information content (AvgIpc) is 2.63. The Kier molecular flexibility index (Phi) is 3.65. The van der Waals surface area contributed by atoms with Gasteiger partial charge in [0.1, 0.15) is 16.7 Å². The topological polar surface area (TPSA) is 79.4 Å². The Morgan fingerprint density at radius 2 is 2.20 bits per heavy atom. The van der Waals surface area contributed by atoms with Crippen molar-refractivity contribution in [1.82, 2.24) is 4.90 Å². The number of hydrogen-bond donors (Lipinski definition) is 1. The first-order valence-electron chi connectivity index (χ1n) is 6.55. The summed E-state index contributed by atoms with van der Waals surface area (Å²) < 4.78 is 5.42. The van der Waals surface area contributed by atoms with Crippen LogP contribution in [0.25, 0.3) is 0 Å². The molecule has 0 bridgehead atoms. The highest BCUT2D eigenvalue weighted by molar-refractivity contribution is 7.16. The zero-order valence-electron chi connectivity index (χ0n) is 12.2. The second kappa shape index (κ2) is 4.98. The minimum absolute atomic E-state index is 0.108. The minimum atomic E-state index is -0.511. The first kappa shape index (κ1) is 14.7. The van der Waals surface area contributed by atoms with E-state index >= 15 is 0 Å². The zero-order valence-corrected chi connectivity index (χ0v) is 13.0. The lowest BCUT2D eigenvalue weighted by Crippen LogP contribution is -2.41. The van der Waals surface area contributed by atoms with Crippen molar-refractivity contribution >= 4 is 22.4 Å². The Balaban J connectivity index is 2.27. The molecular weight excluding hydrogens is 274 g/mol. The predicted octanol–water partition coefficient (Wildman–Crippen LogP) is 3.06. The molecule has 108 valence electrons. The van der Waals surface area contributed by atoms with Crippen LogP contribution in [-0.2, 0) is 11.2 Å². The second-order valence-corrected chi connectivity index (χ2v) is 6.98. The van der Waals surface area contributed by atoms with E-state index in [1.54, 1.807) is 4.90 Å². The molecule has 0 fully saturated rings. The Hall–Kier alpha value is -1.74. The fourth-order valence-electron chi connectivity index (χ4n) is 2.35. The molecule has 2 rings (SSSR count). The van der Waals surface area contributed by atoms with E-state index in [4.69, 9.17) is 15.7 Å². The molecule has 0 unspecified atom stereocenters.